The predicted molar refractivity (Wildman–Crippen MR) is 144 cm³/mol. The summed E-state index contributed by atoms with van der Waals surface area (Å²) in [5.41, 5.74) is 2.94. The maximum absolute atomic E-state index is 13.2. The number of nitrogens with one attached hydrogen (secondary N) is 1. The average molecular weight is 509 g/mol. The van der Waals surface area contributed by atoms with Crippen molar-refractivity contribution < 1.29 is 9.53 Å². The lowest BCUT2D eigenvalue weighted by molar-refractivity contribution is -0.118. The largest absolute Gasteiger partial charge is 0.492 e. The minimum absolute atomic E-state index is 0.0394. The lowest BCUT2D eigenvalue weighted by Gasteiger charge is -2.36. The van der Waals surface area contributed by atoms with Crippen LogP contribution in [0.2, 0.25) is 0 Å². The van der Waals surface area contributed by atoms with E-state index in [1.165, 1.54) is 0 Å². The van der Waals surface area contributed by atoms with Gasteiger partial charge in [0.05, 0.1) is 35.8 Å². The summed E-state index contributed by atoms with van der Waals surface area (Å²) in [6, 6.07) is 7.56. The Bertz CT molecular complexity index is 1450. The molecule has 1 N–H and O–H groups in total. The molecule has 1 amide bonds. The van der Waals surface area contributed by atoms with E-state index in [-0.39, 0.29) is 29.8 Å². The minimum Gasteiger partial charge on any atom is -0.492 e. The van der Waals surface area contributed by atoms with E-state index in [4.69, 9.17) is 4.74 Å². The van der Waals surface area contributed by atoms with Crippen LogP contribution < -0.4 is 10.1 Å². The molecule has 0 saturated heterocycles. The van der Waals surface area contributed by atoms with Gasteiger partial charge in [0, 0.05) is 42.7 Å². The first-order valence-corrected chi connectivity index (χ1v) is 12.9. The molecular formula is C28H28N8O2. The summed E-state index contributed by atoms with van der Waals surface area (Å²) in [4.78, 5) is 30.8. The molecule has 1 fully saturated rings. The van der Waals surface area contributed by atoms with Gasteiger partial charge >= 0.3 is 0 Å². The van der Waals surface area contributed by atoms with Crippen LogP contribution in [0, 0.1) is 5.92 Å². The van der Waals surface area contributed by atoms with Crippen molar-refractivity contribution in [3.05, 3.63) is 72.6 Å². The summed E-state index contributed by atoms with van der Waals surface area (Å²) in [7, 11) is 0. The Hall–Kier alpha value is -4.47. The molecule has 0 spiro atoms. The highest BCUT2D eigenvalue weighted by atomic mass is 16.5. The van der Waals surface area contributed by atoms with Crippen molar-refractivity contribution in [1.29, 1.82) is 0 Å². The van der Waals surface area contributed by atoms with E-state index in [1.54, 1.807) is 37.1 Å². The molecule has 3 aliphatic rings. The van der Waals surface area contributed by atoms with Crippen LogP contribution in [0.25, 0.3) is 17.2 Å². The molecule has 38 heavy (non-hydrogen) atoms. The first kappa shape index (κ1) is 23.9. The van der Waals surface area contributed by atoms with Gasteiger partial charge in [-0.15, -0.1) is 10.2 Å². The second-order valence-corrected chi connectivity index (χ2v) is 9.61. The highest BCUT2D eigenvalue weighted by Crippen LogP contribution is 2.38. The zero-order chi connectivity index (χ0) is 26.1. The van der Waals surface area contributed by atoms with E-state index in [0.29, 0.717) is 29.4 Å². The second kappa shape index (κ2) is 10.1. The molecule has 5 heterocycles. The zero-order valence-electron chi connectivity index (χ0n) is 21.2. The number of rotatable bonds is 7. The number of fused-ring (bicyclic) bond motifs is 1. The number of hydrogen-bond donors (Lipinski definition) is 1. The summed E-state index contributed by atoms with van der Waals surface area (Å²) in [6.45, 7) is 4.60. The Morgan fingerprint density at radius 2 is 2.00 bits per heavy atom. The van der Waals surface area contributed by atoms with Crippen LogP contribution in [0.5, 0.6) is 5.75 Å². The first-order chi connectivity index (χ1) is 18.6. The Morgan fingerprint density at radius 1 is 1.16 bits per heavy atom. The molecule has 192 valence electrons. The fourth-order valence-corrected chi connectivity index (χ4v) is 5.06. The number of carbonyl (C=O) groups excluding carboxylic acids is 1. The number of allylic oxidation sites excluding steroid dienone is 1. The van der Waals surface area contributed by atoms with Gasteiger partial charge in [-0.05, 0) is 50.1 Å². The number of pyridine rings is 2. The van der Waals surface area contributed by atoms with E-state index >= 15 is 0 Å². The second-order valence-electron chi connectivity index (χ2n) is 9.61. The zero-order valence-corrected chi connectivity index (χ0v) is 21.2. The van der Waals surface area contributed by atoms with Gasteiger partial charge in [0.25, 0.3) is 5.91 Å². The Kier molecular flexibility index (Phi) is 6.36. The van der Waals surface area contributed by atoms with Crippen LogP contribution in [0.15, 0.2) is 76.8 Å². The van der Waals surface area contributed by atoms with Gasteiger partial charge in [0.1, 0.15) is 17.3 Å². The molecule has 1 saturated carbocycles. The molecule has 1 aliphatic carbocycles. The highest BCUT2D eigenvalue weighted by Gasteiger charge is 2.38. The number of nitrogens with zero attached hydrogens (tertiary/aromatic N) is 7. The van der Waals surface area contributed by atoms with Crippen molar-refractivity contribution in [2.24, 2.45) is 15.9 Å². The van der Waals surface area contributed by atoms with Gasteiger partial charge in [-0.2, -0.15) is 0 Å². The molecule has 2 aliphatic heterocycles. The Morgan fingerprint density at radius 3 is 2.76 bits per heavy atom. The van der Waals surface area contributed by atoms with E-state index in [0.717, 1.165) is 30.1 Å². The standard InChI is InChI=1S/C28H28N8O2/c1-3-38-21-4-5-23(32-16-21)27-35-34-26(36(27)20-7-10-29-11-8-20)18-14-19(15-18)33-28(37)22-9-13-30-24-17(2)6-12-31-25(22)24/h4-13,16-19,24H,3,14-15H2,1-2H3,(H,33,37). The molecular weight excluding hydrogens is 480 g/mol. The molecule has 0 aromatic carbocycles. The third-order valence-corrected chi connectivity index (χ3v) is 7.11. The number of carbonyl (C=O) groups is 1. The number of aliphatic imine (C=N–C) groups is 2. The molecule has 10 nitrogen and oxygen atoms in total. The normalized spacial score (nSPS) is 23.6. The summed E-state index contributed by atoms with van der Waals surface area (Å²) in [5.74, 6) is 2.44. The highest BCUT2D eigenvalue weighted by molar-refractivity contribution is 6.27. The van der Waals surface area contributed by atoms with Crippen molar-refractivity contribution in [1.82, 2.24) is 30.0 Å². The molecule has 6 rings (SSSR count). The summed E-state index contributed by atoms with van der Waals surface area (Å²) >= 11 is 0. The first-order valence-electron chi connectivity index (χ1n) is 12.9. The van der Waals surface area contributed by atoms with Crippen LogP contribution in [0.3, 0.4) is 0 Å². The van der Waals surface area contributed by atoms with E-state index in [9.17, 15) is 4.79 Å². The number of hydrogen-bond acceptors (Lipinski definition) is 8. The van der Waals surface area contributed by atoms with Crippen LogP contribution >= 0.6 is 0 Å². The van der Waals surface area contributed by atoms with Crippen molar-refractivity contribution in [3.8, 4) is 23.0 Å². The van der Waals surface area contributed by atoms with E-state index in [1.807, 2.05) is 41.8 Å². The maximum Gasteiger partial charge on any atom is 0.253 e. The predicted octanol–water partition coefficient (Wildman–Crippen LogP) is 3.47. The van der Waals surface area contributed by atoms with Gasteiger partial charge in [-0.25, -0.2) is 4.98 Å². The lowest BCUT2D eigenvalue weighted by atomic mass is 9.79. The number of amides is 1. The molecule has 3 aromatic rings. The SMILES string of the molecule is CCOc1ccc(-c2nnc(C3CC(NC(=O)C4=CC=NC5C4=NC=CC5C)C3)n2-c2ccncc2)nc1. The van der Waals surface area contributed by atoms with Crippen molar-refractivity contribution in [2.45, 2.75) is 44.7 Å². The Labute approximate surface area is 220 Å². The molecule has 2 unspecified atom stereocenters. The fourth-order valence-electron chi connectivity index (χ4n) is 5.06. The Balaban J connectivity index is 1.20. The van der Waals surface area contributed by atoms with Gasteiger partial charge in [-0.3, -0.25) is 24.3 Å². The van der Waals surface area contributed by atoms with Crippen LogP contribution in [0.4, 0.5) is 0 Å². The summed E-state index contributed by atoms with van der Waals surface area (Å²) < 4.78 is 7.56. The fraction of sp³-hybridized carbons (Fsp3) is 0.321. The van der Waals surface area contributed by atoms with Crippen LogP contribution in [-0.2, 0) is 4.79 Å². The lowest BCUT2D eigenvalue weighted by Crippen LogP contribution is -2.47. The monoisotopic (exact) mass is 508 g/mol. The molecule has 0 radical (unpaired) electrons. The molecule has 3 aromatic heterocycles. The third kappa shape index (κ3) is 4.42. The van der Waals surface area contributed by atoms with Crippen LogP contribution in [-0.4, -0.2) is 61.3 Å². The van der Waals surface area contributed by atoms with Gasteiger partial charge in [0.15, 0.2) is 5.82 Å². The van der Waals surface area contributed by atoms with E-state index in [2.05, 4.69) is 42.4 Å². The van der Waals surface area contributed by atoms with Crippen LogP contribution in [0.1, 0.15) is 38.4 Å². The van der Waals surface area contributed by atoms with Gasteiger partial charge < -0.3 is 10.1 Å². The molecule has 2 atom stereocenters. The van der Waals surface area contributed by atoms with Gasteiger partial charge in [-0.1, -0.05) is 13.0 Å². The smallest absolute Gasteiger partial charge is 0.253 e. The van der Waals surface area contributed by atoms with Crippen molar-refractivity contribution in [2.75, 3.05) is 6.61 Å². The third-order valence-electron chi connectivity index (χ3n) is 7.11. The molecule has 0 bridgehead atoms. The number of dihydropyridines is 1. The minimum atomic E-state index is -0.110. The van der Waals surface area contributed by atoms with Crippen molar-refractivity contribution in [3.63, 3.8) is 0 Å². The number of aromatic nitrogens is 5. The maximum atomic E-state index is 13.2. The van der Waals surface area contributed by atoms with E-state index < -0.39 is 0 Å². The van der Waals surface area contributed by atoms with Crippen molar-refractivity contribution >= 4 is 17.8 Å². The summed E-state index contributed by atoms with van der Waals surface area (Å²) in [6.07, 6.45) is 14.0. The average Bonchev–Trinajstić information content (AvgIpc) is 3.36. The van der Waals surface area contributed by atoms with Gasteiger partial charge in [0.2, 0.25) is 0 Å². The number of ether oxygens (including phenoxy) is 1. The quantitative estimate of drug-likeness (QED) is 0.522. The molecule has 10 heteroatoms. The summed E-state index contributed by atoms with van der Waals surface area (Å²) in [5, 5.41) is 12.3. The topological polar surface area (TPSA) is 120 Å².